The lowest BCUT2D eigenvalue weighted by atomic mass is 10.2. The second kappa shape index (κ2) is 4.78. The number of aliphatic hydroxyl groups excluding tert-OH is 1. The van der Waals surface area contributed by atoms with Gasteiger partial charge in [0.1, 0.15) is 6.04 Å². The number of aliphatic hydroxyl groups is 1. The first kappa shape index (κ1) is 13.2. The summed E-state index contributed by atoms with van der Waals surface area (Å²) in [5.41, 5.74) is 0. The van der Waals surface area contributed by atoms with Crippen molar-refractivity contribution in [3.8, 4) is 6.07 Å². The highest BCUT2D eigenvalue weighted by atomic mass is 19.3. The van der Waals surface area contributed by atoms with Gasteiger partial charge in [0, 0.05) is 19.5 Å². The molecule has 0 aromatic rings. The molecule has 2 rings (SSSR count). The van der Waals surface area contributed by atoms with Gasteiger partial charge in [-0.1, -0.05) is 0 Å². The molecule has 0 spiro atoms. The number of amides is 1. The van der Waals surface area contributed by atoms with Crippen LogP contribution in [0.3, 0.4) is 0 Å². The standard InChI is InChI=1S/C11H15F2N3O2/c12-11(13)3-8(4-14)16(7-11)6-10(18)15-2-1-9(17)5-15/h8-9,17H,1-3,5-7H2/t8-,9+/m0/s1. The molecule has 7 heteroatoms. The van der Waals surface area contributed by atoms with Crippen LogP contribution in [0.1, 0.15) is 12.8 Å². The Bertz CT molecular complexity index is 383. The van der Waals surface area contributed by atoms with Crippen LogP contribution >= 0.6 is 0 Å². The quantitative estimate of drug-likeness (QED) is 0.746. The fourth-order valence-corrected chi connectivity index (χ4v) is 2.42. The molecule has 0 unspecified atom stereocenters. The number of nitrogens with zero attached hydrogens (tertiary/aromatic N) is 3. The summed E-state index contributed by atoms with van der Waals surface area (Å²) in [6.45, 7) is -0.0321. The van der Waals surface area contributed by atoms with Crippen molar-refractivity contribution in [2.45, 2.75) is 30.9 Å². The van der Waals surface area contributed by atoms with Crippen molar-refractivity contribution in [2.75, 3.05) is 26.2 Å². The highest BCUT2D eigenvalue weighted by Gasteiger charge is 2.46. The third kappa shape index (κ3) is 2.76. The zero-order chi connectivity index (χ0) is 13.3. The molecule has 0 saturated carbocycles. The number of β-amino-alcohol motifs (C(OH)–C–C–N with tert-alkyl or cyclic N) is 1. The molecule has 0 aromatic heterocycles. The fourth-order valence-electron chi connectivity index (χ4n) is 2.42. The molecule has 5 nitrogen and oxygen atoms in total. The molecule has 2 fully saturated rings. The second-order valence-corrected chi connectivity index (χ2v) is 4.89. The van der Waals surface area contributed by atoms with Gasteiger partial charge in [0.25, 0.3) is 5.92 Å². The van der Waals surface area contributed by atoms with Crippen LogP contribution < -0.4 is 0 Å². The van der Waals surface area contributed by atoms with E-state index in [1.807, 2.05) is 0 Å². The van der Waals surface area contributed by atoms with E-state index in [9.17, 15) is 18.7 Å². The number of carbonyl (C=O) groups excluding carboxylic acids is 1. The van der Waals surface area contributed by atoms with E-state index in [0.717, 1.165) is 0 Å². The van der Waals surface area contributed by atoms with Crippen LogP contribution in [0.5, 0.6) is 0 Å². The minimum atomic E-state index is -2.90. The van der Waals surface area contributed by atoms with Crippen LogP contribution in [0.15, 0.2) is 0 Å². The maximum absolute atomic E-state index is 13.2. The molecule has 2 heterocycles. The summed E-state index contributed by atoms with van der Waals surface area (Å²) in [4.78, 5) is 14.5. The molecule has 18 heavy (non-hydrogen) atoms. The first-order valence-electron chi connectivity index (χ1n) is 5.88. The van der Waals surface area contributed by atoms with E-state index >= 15 is 0 Å². The predicted molar refractivity (Wildman–Crippen MR) is 57.7 cm³/mol. The van der Waals surface area contributed by atoms with Crippen LogP contribution in [-0.2, 0) is 4.79 Å². The first-order chi connectivity index (χ1) is 8.41. The number of alkyl halides is 2. The number of rotatable bonds is 2. The second-order valence-electron chi connectivity index (χ2n) is 4.89. The molecule has 0 aliphatic carbocycles. The average Bonchev–Trinajstić information content (AvgIpc) is 2.82. The van der Waals surface area contributed by atoms with Crippen molar-refractivity contribution in [3.05, 3.63) is 0 Å². The fraction of sp³-hybridized carbons (Fsp3) is 0.818. The van der Waals surface area contributed by atoms with Gasteiger partial charge in [-0.15, -0.1) is 0 Å². The predicted octanol–water partition coefficient (Wildman–Crippen LogP) is -0.187. The summed E-state index contributed by atoms with van der Waals surface area (Å²) in [5.74, 6) is -3.20. The number of hydrogen-bond donors (Lipinski definition) is 1. The molecule has 0 bridgehead atoms. The highest BCUT2D eigenvalue weighted by molar-refractivity contribution is 5.78. The Morgan fingerprint density at radius 2 is 2.28 bits per heavy atom. The third-order valence-electron chi connectivity index (χ3n) is 3.37. The topological polar surface area (TPSA) is 67.6 Å². The van der Waals surface area contributed by atoms with Gasteiger partial charge in [0.2, 0.25) is 5.91 Å². The molecule has 2 atom stereocenters. The summed E-state index contributed by atoms with van der Waals surface area (Å²) >= 11 is 0. The Balaban J connectivity index is 1.93. The number of carbonyl (C=O) groups is 1. The smallest absolute Gasteiger partial charge is 0.263 e. The molecule has 0 aromatic carbocycles. The molecule has 0 radical (unpaired) electrons. The van der Waals surface area contributed by atoms with Gasteiger partial charge in [-0.2, -0.15) is 5.26 Å². The maximum atomic E-state index is 13.2. The van der Waals surface area contributed by atoms with Gasteiger partial charge < -0.3 is 10.0 Å². The Hall–Kier alpha value is -1.26. The van der Waals surface area contributed by atoms with Crippen molar-refractivity contribution in [1.29, 1.82) is 5.26 Å². The minimum absolute atomic E-state index is 0.180. The Kier molecular flexibility index (Phi) is 3.50. The Morgan fingerprint density at radius 3 is 2.83 bits per heavy atom. The Morgan fingerprint density at radius 1 is 1.56 bits per heavy atom. The van der Waals surface area contributed by atoms with Gasteiger partial charge in [-0.3, -0.25) is 9.69 Å². The molecule has 1 amide bonds. The Labute approximate surface area is 104 Å². The summed E-state index contributed by atoms with van der Waals surface area (Å²) in [7, 11) is 0. The minimum Gasteiger partial charge on any atom is -0.391 e. The number of likely N-dealkylation sites (tertiary alicyclic amines) is 2. The van der Waals surface area contributed by atoms with Gasteiger partial charge in [-0.05, 0) is 6.42 Å². The zero-order valence-electron chi connectivity index (χ0n) is 9.85. The van der Waals surface area contributed by atoms with E-state index < -0.39 is 31.0 Å². The largest absolute Gasteiger partial charge is 0.391 e. The van der Waals surface area contributed by atoms with Crippen LogP contribution in [0.25, 0.3) is 0 Å². The van der Waals surface area contributed by atoms with E-state index in [0.29, 0.717) is 13.0 Å². The van der Waals surface area contributed by atoms with Crippen LogP contribution in [0, 0.1) is 11.3 Å². The number of nitriles is 1. The molecule has 100 valence electrons. The molecule has 2 aliphatic heterocycles. The zero-order valence-corrected chi connectivity index (χ0v) is 9.85. The van der Waals surface area contributed by atoms with E-state index in [2.05, 4.69) is 0 Å². The van der Waals surface area contributed by atoms with Crippen LogP contribution in [0.2, 0.25) is 0 Å². The van der Waals surface area contributed by atoms with Crippen molar-refractivity contribution in [3.63, 3.8) is 0 Å². The van der Waals surface area contributed by atoms with Crippen LogP contribution in [0.4, 0.5) is 8.78 Å². The molecular weight excluding hydrogens is 244 g/mol. The number of hydrogen-bond acceptors (Lipinski definition) is 4. The van der Waals surface area contributed by atoms with E-state index in [4.69, 9.17) is 5.26 Å². The summed E-state index contributed by atoms with van der Waals surface area (Å²) in [6, 6.07) is 0.894. The van der Waals surface area contributed by atoms with Crippen LogP contribution in [-0.4, -0.2) is 65.1 Å². The maximum Gasteiger partial charge on any atom is 0.263 e. The van der Waals surface area contributed by atoms with E-state index in [-0.39, 0.29) is 19.0 Å². The van der Waals surface area contributed by atoms with Crippen molar-refractivity contribution in [1.82, 2.24) is 9.80 Å². The van der Waals surface area contributed by atoms with Crippen molar-refractivity contribution in [2.24, 2.45) is 0 Å². The lowest BCUT2D eigenvalue weighted by Gasteiger charge is -2.22. The highest BCUT2D eigenvalue weighted by Crippen LogP contribution is 2.31. The molecule has 2 aliphatic rings. The third-order valence-corrected chi connectivity index (χ3v) is 3.37. The molecular formula is C11H15F2N3O2. The normalized spacial score (nSPS) is 31.6. The van der Waals surface area contributed by atoms with E-state index in [1.165, 1.54) is 9.80 Å². The first-order valence-corrected chi connectivity index (χ1v) is 5.88. The molecule has 1 N–H and O–H groups in total. The van der Waals surface area contributed by atoms with Crippen molar-refractivity contribution >= 4 is 5.91 Å². The lowest BCUT2D eigenvalue weighted by Crippen LogP contribution is -2.41. The summed E-state index contributed by atoms with van der Waals surface area (Å²) in [5, 5.41) is 18.1. The monoisotopic (exact) mass is 259 g/mol. The summed E-state index contributed by atoms with van der Waals surface area (Å²) in [6.07, 6.45) is -0.524. The number of halogens is 2. The summed E-state index contributed by atoms with van der Waals surface area (Å²) < 4.78 is 26.3. The average molecular weight is 259 g/mol. The van der Waals surface area contributed by atoms with Crippen molar-refractivity contribution < 1.29 is 18.7 Å². The van der Waals surface area contributed by atoms with Gasteiger partial charge in [-0.25, -0.2) is 8.78 Å². The van der Waals surface area contributed by atoms with E-state index in [1.54, 1.807) is 6.07 Å². The van der Waals surface area contributed by atoms with Gasteiger partial charge in [0.15, 0.2) is 0 Å². The molecule has 2 saturated heterocycles. The van der Waals surface area contributed by atoms with Gasteiger partial charge >= 0.3 is 0 Å². The SMILES string of the molecule is N#C[C@@H]1CC(F)(F)CN1CC(=O)N1CC[C@@H](O)C1. The lowest BCUT2D eigenvalue weighted by molar-refractivity contribution is -0.132. The van der Waals surface area contributed by atoms with Gasteiger partial charge in [0.05, 0.1) is 25.3 Å².